The molecule has 0 aromatic heterocycles. The van der Waals surface area contributed by atoms with Gasteiger partial charge in [-0.05, 0) is 0 Å². The van der Waals surface area contributed by atoms with Crippen molar-refractivity contribution < 1.29 is 14.3 Å². The molecule has 1 unspecified atom stereocenters. The summed E-state index contributed by atoms with van der Waals surface area (Å²) in [6.07, 6.45) is 0. The zero-order valence-corrected chi connectivity index (χ0v) is 14.8. The number of methoxy groups -OCH3 is 1. The Hall–Kier alpha value is -1.81. The van der Waals surface area contributed by atoms with Gasteiger partial charge in [0.25, 0.3) is 0 Å². The monoisotopic (exact) mass is 379 g/mol. The molecule has 0 bridgehead atoms. The molecule has 0 saturated carbocycles. The summed E-state index contributed by atoms with van der Waals surface area (Å²) in [5, 5.41) is 3.45. The molecule has 0 aliphatic heterocycles. The molecule has 0 aliphatic rings. The van der Waals surface area contributed by atoms with Crippen LogP contribution in [0.4, 0.5) is 0 Å². The molecule has 0 aliphatic carbocycles. The van der Waals surface area contributed by atoms with Crippen LogP contribution in [-0.4, -0.2) is 41.7 Å². The minimum absolute atomic E-state index is 0.261. The zero-order chi connectivity index (χ0) is 16.3. The second-order valence-corrected chi connectivity index (χ2v) is 7.84. The average Bonchev–Trinajstić information content (AvgIpc) is 2.61. The topological polar surface area (TPSA) is 47.6 Å². The van der Waals surface area contributed by atoms with Gasteiger partial charge >= 0.3 is 143 Å². The maximum atomic E-state index is 10.5. The second-order valence-electron chi connectivity index (χ2n) is 4.96. The molecule has 0 spiro atoms. The Morgan fingerprint density at radius 1 is 1.13 bits per heavy atom. The van der Waals surface area contributed by atoms with E-state index in [9.17, 15) is 4.79 Å². The molecule has 4 nitrogen and oxygen atoms in total. The molecule has 5 heteroatoms. The molecule has 2 aromatic carbocycles. The molecule has 2 rings (SSSR count). The summed E-state index contributed by atoms with van der Waals surface area (Å²) in [5.74, 6) is 0.860. The van der Waals surface area contributed by atoms with Crippen LogP contribution in [-0.2, 0) is 16.1 Å². The normalized spacial score (nSPS) is 11.7. The van der Waals surface area contributed by atoms with Crippen molar-refractivity contribution >= 4 is 25.9 Å². The molecule has 0 fully saturated rings. The molecule has 1 atom stereocenters. The van der Waals surface area contributed by atoms with Gasteiger partial charge in [-0.1, -0.05) is 0 Å². The number of rotatable bonds is 10. The maximum absolute atomic E-state index is 10.5. The number of nitrogens with one attached hydrogen (secondary N) is 1. The van der Waals surface area contributed by atoms with Crippen LogP contribution in [0.5, 0.6) is 5.75 Å². The zero-order valence-electron chi connectivity index (χ0n) is 13.1. The molecule has 1 N–H and O–H groups in total. The van der Waals surface area contributed by atoms with Crippen molar-refractivity contribution in [2.75, 3.05) is 20.3 Å². The molecule has 23 heavy (non-hydrogen) atoms. The first-order chi connectivity index (χ1) is 11.3. The predicted octanol–water partition coefficient (Wildman–Crippen LogP) is 1.78. The Balaban J connectivity index is 1.83. The summed E-state index contributed by atoms with van der Waals surface area (Å²) in [6.45, 7) is 2.58. The molecular formula is C18H21NO3Se. The first-order valence-electron chi connectivity index (χ1n) is 7.42. The van der Waals surface area contributed by atoms with E-state index in [1.165, 1.54) is 10.0 Å². The van der Waals surface area contributed by atoms with E-state index in [4.69, 9.17) is 9.47 Å². The van der Waals surface area contributed by atoms with Gasteiger partial charge < -0.3 is 0 Å². The number of hydrogen-bond donors (Lipinski definition) is 1. The Morgan fingerprint density at radius 3 is 2.52 bits per heavy atom. The summed E-state index contributed by atoms with van der Waals surface area (Å²) in [7, 11) is 1.66. The predicted molar refractivity (Wildman–Crippen MR) is 92.3 cm³/mol. The number of hydrogen-bond acceptors (Lipinski definition) is 4. The van der Waals surface area contributed by atoms with Crippen molar-refractivity contribution in [2.45, 2.75) is 11.4 Å². The quantitative estimate of drug-likeness (QED) is 0.506. The number of carbonyl (C=O) groups excluding carboxylic acids is 1. The van der Waals surface area contributed by atoms with Crippen molar-refractivity contribution in [3.05, 3.63) is 60.2 Å². The molecule has 0 heterocycles. The molecule has 122 valence electrons. The van der Waals surface area contributed by atoms with Gasteiger partial charge in [-0.2, -0.15) is 0 Å². The van der Waals surface area contributed by atoms with Crippen LogP contribution in [0.15, 0.2) is 54.6 Å². The average molecular weight is 378 g/mol. The van der Waals surface area contributed by atoms with Crippen LogP contribution >= 0.6 is 0 Å². The molecule has 0 saturated heterocycles. The standard InChI is InChI=1S/C18H21NO3Se/c1-21-16-9-7-15(8-10-16)11-19-12-18(13-22-14-20)23-17-5-3-2-4-6-17/h2-10,14,18-19H,11-13H2,1H3. The summed E-state index contributed by atoms with van der Waals surface area (Å²) in [6, 6.07) is 18.3. The fraction of sp³-hybridized carbons (Fsp3) is 0.278. The van der Waals surface area contributed by atoms with Gasteiger partial charge in [0.2, 0.25) is 0 Å². The summed E-state index contributed by atoms with van der Waals surface area (Å²) in [4.78, 5) is 10.8. The number of ether oxygens (including phenoxy) is 2. The Morgan fingerprint density at radius 2 is 1.87 bits per heavy atom. The molecule has 0 radical (unpaired) electrons. The van der Waals surface area contributed by atoms with E-state index in [1.54, 1.807) is 7.11 Å². The third-order valence-electron chi connectivity index (χ3n) is 3.26. The third-order valence-corrected chi connectivity index (χ3v) is 5.73. The molecule has 0 amide bonds. The van der Waals surface area contributed by atoms with Crippen LogP contribution in [0, 0.1) is 0 Å². The van der Waals surface area contributed by atoms with Gasteiger partial charge in [-0.15, -0.1) is 0 Å². The minimum atomic E-state index is 0.261. The van der Waals surface area contributed by atoms with Crippen LogP contribution in [0.3, 0.4) is 0 Å². The number of benzene rings is 2. The van der Waals surface area contributed by atoms with Crippen molar-refractivity contribution in [1.29, 1.82) is 0 Å². The van der Waals surface area contributed by atoms with Gasteiger partial charge in [-0.3, -0.25) is 0 Å². The third kappa shape index (κ3) is 6.45. The Kier molecular flexibility index (Phi) is 7.67. The Labute approximate surface area is 143 Å². The van der Waals surface area contributed by atoms with E-state index >= 15 is 0 Å². The van der Waals surface area contributed by atoms with Crippen LogP contribution in [0.2, 0.25) is 4.82 Å². The van der Waals surface area contributed by atoms with E-state index in [1.807, 2.05) is 42.5 Å². The Bertz CT molecular complexity index is 575. The van der Waals surface area contributed by atoms with E-state index < -0.39 is 0 Å². The van der Waals surface area contributed by atoms with Gasteiger partial charge in [0.05, 0.1) is 0 Å². The van der Waals surface area contributed by atoms with Crippen LogP contribution < -0.4 is 14.5 Å². The van der Waals surface area contributed by atoms with Gasteiger partial charge in [0.1, 0.15) is 0 Å². The second kappa shape index (κ2) is 10.1. The van der Waals surface area contributed by atoms with Crippen molar-refractivity contribution in [3.8, 4) is 5.75 Å². The van der Waals surface area contributed by atoms with E-state index in [-0.39, 0.29) is 15.0 Å². The summed E-state index contributed by atoms with van der Waals surface area (Å²) >= 11 is 0.261. The van der Waals surface area contributed by atoms with Crippen molar-refractivity contribution in [3.63, 3.8) is 0 Å². The van der Waals surface area contributed by atoms with E-state index in [0.717, 1.165) is 18.8 Å². The van der Waals surface area contributed by atoms with Crippen molar-refractivity contribution in [2.24, 2.45) is 0 Å². The van der Waals surface area contributed by atoms with Crippen molar-refractivity contribution in [1.82, 2.24) is 5.32 Å². The summed E-state index contributed by atoms with van der Waals surface area (Å²) < 4.78 is 11.4. The fourth-order valence-corrected chi connectivity index (χ4v) is 4.29. The van der Waals surface area contributed by atoms with E-state index in [2.05, 4.69) is 17.4 Å². The SMILES string of the molecule is COc1ccc(CNCC(COC=O)[Se]c2ccccc2)cc1. The molecule has 2 aromatic rings. The number of carbonyl (C=O) groups is 1. The van der Waals surface area contributed by atoms with Gasteiger partial charge in [0.15, 0.2) is 0 Å². The van der Waals surface area contributed by atoms with E-state index in [0.29, 0.717) is 17.9 Å². The van der Waals surface area contributed by atoms with Gasteiger partial charge in [0, 0.05) is 0 Å². The van der Waals surface area contributed by atoms with Crippen LogP contribution in [0.25, 0.3) is 0 Å². The first kappa shape index (κ1) is 17.5. The first-order valence-corrected chi connectivity index (χ1v) is 9.27. The molecular weight excluding hydrogens is 357 g/mol. The fourth-order valence-electron chi connectivity index (χ4n) is 2.09. The van der Waals surface area contributed by atoms with Crippen LogP contribution in [0.1, 0.15) is 5.56 Å². The summed E-state index contributed by atoms with van der Waals surface area (Å²) in [5.41, 5.74) is 1.20. The van der Waals surface area contributed by atoms with Gasteiger partial charge in [-0.25, -0.2) is 0 Å².